The highest BCUT2D eigenvalue weighted by atomic mass is 32.1. The van der Waals surface area contributed by atoms with Crippen LogP contribution in [0.1, 0.15) is 30.9 Å². The van der Waals surface area contributed by atoms with Gasteiger partial charge < -0.3 is 9.47 Å². The molecule has 4 heteroatoms. The average Bonchev–Trinajstić information content (AvgIpc) is 3.21. The van der Waals surface area contributed by atoms with Gasteiger partial charge in [0.1, 0.15) is 18.1 Å². The summed E-state index contributed by atoms with van der Waals surface area (Å²) < 4.78 is 12.8. The van der Waals surface area contributed by atoms with Crippen LogP contribution < -0.4 is 4.74 Å². The third kappa shape index (κ3) is 4.71. The third-order valence-electron chi connectivity index (χ3n) is 5.01. The van der Waals surface area contributed by atoms with Gasteiger partial charge in [0.15, 0.2) is 0 Å². The molecule has 0 aliphatic heterocycles. The first-order chi connectivity index (χ1) is 14.6. The third-order valence-corrected chi connectivity index (χ3v) is 5.91. The van der Waals surface area contributed by atoms with Gasteiger partial charge in [-0.15, -0.1) is 11.3 Å². The van der Waals surface area contributed by atoms with E-state index in [0.717, 1.165) is 22.6 Å². The molecule has 1 aromatic heterocycles. The van der Waals surface area contributed by atoms with Crippen LogP contribution in [0.3, 0.4) is 0 Å². The number of hydrogen-bond donors (Lipinski definition) is 0. The first-order valence-corrected chi connectivity index (χ1v) is 10.9. The van der Waals surface area contributed by atoms with E-state index in [-0.39, 0.29) is 24.4 Å². The molecule has 152 valence electrons. The second-order valence-electron chi connectivity index (χ2n) is 7.61. The SMILES string of the molecule is CC(C)C(C(=O)OCc1cccc(Oc2ccccc2)c1)c1ccc2sccc2c1. The van der Waals surface area contributed by atoms with E-state index in [1.807, 2.05) is 60.7 Å². The molecule has 4 aromatic rings. The highest BCUT2D eigenvalue weighted by Crippen LogP contribution is 2.31. The first kappa shape index (κ1) is 20.2. The minimum atomic E-state index is -0.293. The van der Waals surface area contributed by atoms with Crippen LogP contribution in [0, 0.1) is 5.92 Å². The maximum atomic E-state index is 13.0. The van der Waals surface area contributed by atoms with Crippen LogP contribution in [0.15, 0.2) is 84.2 Å². The molecule has 3 nitrogen and oxygen atoms in total. The number of thiophene rings is 1. The van der Waals surface area contributed by atoms with E-state index in [4.69, 9.17) is 9.47 Å². The Balaban J connectivity index is 1.45. The molecule has 0 saturated heterocycles. The molecular formula is C26H24O3S. The fourth-order valence-corrected chi connectivity index (χ4v) is 4.31. The van der Waals surface area contributed by atoms with Gasteiger partial charge in [0.25, 0.3) is 0 Å². The lowest BCUT2D eigenvalue weighted by atomic mass is 9.88. The highest BCUT2D eigenvalue weighted by molar-refractivity contribution is 7.17. The monoisotopic (exact) mass is 416 g/mol. The predicted octanol–water partition coefficient (Wildman–Crippen LogP) is 7.18. The van der Waals surface area contributed by atoms with Gasteiger partial charge in [-0.05, 0) is 70.3 Å². The minimum absolute atomic E-state index is 0.140. The Labute approximate surface area is 180 Å². The number of rotatable bonds is 7. The van der Waals surface area contributed by atoms with Crippen molar-refractivity contribution in [2.75, 3.05) is 0 Å². The van der Waals surface area contributed by atoms with Crippen LogP contribution in [0.4, 0.5) is 0 Å². The van der Waals surface area contributed by atoms with E-state index in [0.29, 0.717) is 0 Å². The fraction of sp³-hybridized carbons (Fsp3) is 0.192. The summed E-state index contributed by atoms with van der Waals surface area (Å²) in [5.74, 6) is 1.14. The first-order valence-electron chi connectivity index (χ1n) is 10.1. The summed E-state index contributed by atoms with van der Waals surface area (Å²) in [6, 6.07) is 25.6. The summed E-state index contributed by atoms with van der Waals surface area (Å²) in [5, 5.41) is 3.24. The molecule has 0 aliphatic rings. The van der Waals surface area contributed by atoms with Crippen molar-refractivity contribution in [1.82, 2.24) is 0 Å². The Bertz CT molecular complexity index is 1130. The number of para-hydroxylation sites is 1. The Morgan fingerprint density at radius 3 is 2.50 bits per heavy atom. The molecule has 0 amide bonds. The number of fused-ring (bicyclic) bond motifs is 1. The Kier molecular flexibility index (Phi) is 6.15. The molecule has 0 spiro atoms. The van der Waals surface area contributed by atoms with Gasteiger partial charge in [-0.1, -0.05) is 50.2 Å². The zero-order valence-electron chi connectivity index (χ0n) is 17.1. The maximum Gasteiger partial charge on any atom is 0.314 e. The Morgan fingerprint density at radius 1 is 0.900 bits per heavy atom. The Hall–Kier alpha value is -3.11. The van der Waals surface area contributed by atoms with Crippen LogP contribution in [-0.4, -0.2) is 5.97 Å². The second-order valence-corrected chi connectivity index (χ2v) is 8.56. The van der Waals surface area contributed by atoms with Gasteiger partial charge in [-0.2, -0.15) is 0 Å². The molecule has 0 fully saturated rings. The molecule has 4 rings (SSSR count). The molecule has 1 unspecified atom stereocenters. The summed E-state index contributed by atoms with van der Waals surface area (Å²) in [7, 11) is 0. The highest BCUT2D eigenvalue weighted by Gasteiger charge is 2.26. The summed E-state index contributed by atoms with van der Waals surface area (Å²) in [4.78, 5) is 13.0. The molecule has 1 heterocycles. The lowest BCUT2D eigenvalue weighted by Gasteiger charge is -2.20. The van der Waals surface area contributed by atoms with Crippen molar-refractivity contribution >= 4 is 27.4 Å². The quantitative estimate of drug-likeness (QED) is 0.299. The lowest BCUT2D eigenvalue weighted by molar-refractivity contribution is -0.148. The van der Waals surface area contributed by atoms with Crippen LogP contribution in [0.2, 0.25) is 0 Å². The summed E-state index contributed by atoms with van der Waals surface area (Å²) in [5.41, 5.74) is 1.90. The minimum Gasteiger partial charge on any atom is -0.460 e. The summed E-state index contributed by atoms with van der Waals surface area (Å²) >= 11 is 1.71. The van der Waals surface area contributed by atoms with Crippen LogP contribution in [0.5, 0.6) is 11.5 Å². The van der Waals surface area contributed by atoms with Crippen molar-refractivity contribution in [3.8, 4) is 11.5 Å². The number of carbonyl (C=O) groups excluding carboxylic acids is 1. The smallest absolute Gasteiger partial charge is 0.314 e. The van der Waals surface area contributed by atoms with Gasteiger partial charge in [-0.3, -0.25) is 4.79 Å². The molecule has 1 atom stereocenters. The molecule has 0 radical (unpaired) electrons. The van der Waals surface area contributed by atoms with Crippen molar-refractivity contribution in [3.63, 3.8) is 0 Å². The van der Waals surface area contributed by atoms with Crippen LogP contribution in [-0.2, 0) is 16.1 Å². The number of hydrogen-bond acceptors (Lipinski definition) is 4. The molecule has 3 aromatic carbocycles. The zero-order valence-corrected chi connectivity index (χ0v) is 17.9. The van der Waals surface area contributed by atoms with Gasteiger partial charge in [-0.25, -0.2) is 0 Å². The predicted molar refractivity (Wildman–Crippen MR) is 122 cm³/mol. The van der Waals surface area contributed by atoms with Crippen molar-refractivity contribution in [2.45, 2.75) is 26.4 Å². The van der Waals surface area contributed by atoms with Gasteiger partial charge in [0.05, 0.1) is 5.92 Å². The normalized spacial score (nSPS) is 12.1. The number of benzene rings is 3. The van der Waals surface area contributed by atoms with Crippen molar-refractivity contribution < 1.29 is 14.3 Å². The van der Waals surface area contributed by atoms with Crippen LogP contribution in [0.25, 0.3) is 10.1 Å². The second kappa shape index (κ2) is 9.14. The van der Waals surface area contributed by atoms with Gasteiger partial charge >= 0.3 is 5.97 Å². The largest absolute Gasteiger partial charge is 0.460 e. The van der Waals surface area contributed by atoms with Crippen molar-refractivity contribution in [3.05, 3.63) is 95.4 Å². The lowest BCUT2D eigenvalue weighted by Crippen LogP contribution is -2.20. The molecule has 30 heavy (non-hydrogen) atoms. The molecule has 0 N–H and O–H groups in total. The van der Waals surface area contributed by atoms with Crippen LogP contribution >= 0.6 is 11.3 Å². The molecule has 0 saturated carbocycles. The fourth-order valence-electron chi connectivity index (χ4n) is 3.54. The average molecular weight is 417 g/mol. The number of carbonyl (C=O) groups is 1. The van der Waals surface area contributed by atoms with Crippen molar-refractivity contribution in [1.29, 1.82) is 0 Å². The number of esters is 1. The molecular weight excluding hydrogens is 392 g/mol. The van der Waals surface area contributed by atoms with E-state index < -0.39 is 0 Å². The topological polar surface area (TPSA) is 35.5 Å². The van der Waals surface area contributed by atoms with Gasteiger partial charge in [0, 0.05) is 4.70 Å². The van der Waals surface area contributed by atoms with E-state index in [1.165, 1.54) is 10.1 Å². The summed E-state index contributed by atoms with van der Waals surface area (Å²) in [6.07, 6.45) is 0. The zero-order chi connectivity index (χ0) is 20.9. The van der Waals surface area contributed by atoms with E-state index in [1.54, 1.807) is 11.3 Å². The Morgan fingerprint density at radius 2 is 1.70 bits per heavy atom. The van der Waals surface area contributed by atoms with Crippen molar-refractivity contribution in [2.24, 2.45) is 5.92 Å². The van der Waals surface area contributed by atoms with Gasteiger partial charge in [0.2, 0.25) is 0 Å². The summed E-state index contributed by atoms with van der Waals surface area (Å²) in [6.45, 7) is 4.32. The number of ether oxygens (including phenoxy) is 2. The molecule has 0 aliphatic carbocycles. The molecule has 0 bridgehead atoms. The van der Waals surface area contributed by atoms with E-state index in [9.17, 15) is 4.79 Å². The van der Waals surface area contributed by atoms with E-state index >= 15 is 0 Å². The van der Waals surface area contributed by atoms with E-state index in [2.05, 4.69) is 37.4 Å². The standard InChI is InChI=1S/C26H24O3S/c1-18(2)25(21-11-12-24-20(16-21)13-14-30-24)26(27)28-17-19-7-6-10-23(15-19)29-22-8-4-3-5-9-22/h3-16,18,25H,17H2,1-2H3. The maximum absolute atomic E-state index is 13.0.